The summed E-state index contributed by atoms with van der Waals surface area (Å²) < 4.78 is 47.4. The van der Waals surface area contributed by atoms with Crippen molar-refractivity contribution in [2.75, 3.05) is 14.2 Å². The fraction of sp³-hybridized carbons (Fsp3) is 0.412. The number of primary amides is 1. The molecule has 1 aromatic rings. The lowest BCUT2D eigenvalue weighted by Gasteiger charge is -2.26. The lowest BCUT2D eigenvalue weighted by atomic mass is 9.86. The van der Waals surface area contributed by atoms with Crippen molar-refractivity contribution in [1.82, 2.24) is 5.32 Å². The summed E-state index contributed by atoms with van der Waals surface area (Å²) in [5.41, 5.74) is 3.79. The van der Waals surface area contributed by atoms with E-state index in [4.69, 9.17) is 5.73 Å². The molecule has 0 bridgehead atoms. The van der Waals surface area contributed by atoms with Crippen molar-refractivity contribution in [3.8, 4) is 0 Å². The lowest BCUT2D eigenvalue weighted by molar-refractivity contribution is -0.162. The van der Waals surface area contributed by atoms with Gasteiger partial charge in [-0.2, -0.15) is 13.2 Å². The van der Waals surface area contributed by atoms with Crippen LogP contribution in [0.4, 0.5) is 13.2 Å². The Kier molecular flexibility index (Phi) is 7.53. The standard InChI is InChI=1S/C17H19F3N2O6/c1-8(11(15(25)27-2)16(26)28-3)12(13(21)23)22-14(24)9-5-4-6-10(7-9)17(18,19)20/h4-8,11-12H,1-3H3,(H2,21,23)(H,22,24)/t8-,12+/m1/s1. The van der Waals surface area contributed by atoms with E-state index in [2.05, 4.69) is 14.8 Å². The SMILES string of the molecule is COC(=O)C(C(=O)OC)[C@@H](C)[C@H](NC(=O)c1cccc(C(F)(F)F)c1)C(N)=O. The monoisotopic (exact) mass is 404 g/mol. The number of nitrogens with one attached hydrogen (secondary N) is 1. The first-order valence-electron chi connectivity index (χ1n) is 7.87. The first kappa shape index (κ1) is 22.9. The second-order valence-electron chi connectivity index (χ2n) is 5.82. The molecule has 1 aromatic carbocycles. The molecule has 0 fully saturated rings. The first-order valence-corrected chi connectivity index (χ1v) is 7.87. The lowest BCUT2D eigenvalue weighted by Crippen LogP contribution is -2.52. The van der Waals surface area contributed by atoms with Crippen LogP contribution >= 0.6 is 0 Å². The van der Waals surface area contributed by atoms with Crippen molar-refractivity contribution in [2.24, 2.45) is 17.6 Å². The van der Waals surface area contributed by atoms with Crippen LogP contribution in [0, 0.1) is 11.8 Å². The number of carbonyl (C=O) groups is 4. The molecule has 0 heterocycles. The number of esters is 2. The van der Waals surface area contributed by atoms with Gasteiger partial charge in [0.2, 0.25) is 5.91 Å². The molecule has 11 heteroatoms. The average molecular weight is 404 g/mol. The number of carbonyl (C=O) groups excluding carboxylic acids is 4. The number of rotatable bonds is 7. The fourth-order valence-electron chi connectivity index (χ4n) is 2.49. The molecular formula is C17H19F3N2O6. The van der Waals surface area contributed by atoms with Crippen molar-refractivity contribution >= 4 is 23.8 Å². The largest absolute Gasteiger partial charge is 0.468 e. The van der Waals surface area contributed by atoms with Gasteiger partial charge in [0, 0.05) is 11.5 Å². The highest BCUT2D eigenvalue weighted by Gasteiger charge is 2.41. The molecule has 3 N–H and O–H groups in total. The number of amides is 2. The number of hydrogen-bond donors (Lipinski definition) is 2. The maximum atomic E-state index is 12.8. The Morgan fingerprint density at radius 3 is 2.04 bits per heavy atom. The van der Waals surface area contributed by atoms with Gasteiger partial charge in [0.25, 0.3) is 5.91 Å². The van der Waals surface area contributed by atoms with E-state index in [9.17, 15) is 32.3 Å². The van der Waals surface area contributed by atoms with Crippen LogP contribution in [-0.4, -0.2) is 44.0 Å². The van der Waals surface area contributed by atoms with Crippen LogP contribution in [0.1, 0.15) is 22.8 Å². The molecule has 0 aromatic heterocycles. The van der Waals surface area contributed by atoms with E-state index in [-0.39, 0.29) is 5.56 Å². The van der Waals surface area contributed by atoms with Gasteiger partial charge in [0.05, 0.1) is 19.8 Å². The molecule has 0 saturated carbocycles. The molecule has 0 radical (unpaired) electrons. The van der Waals surface area contributed by atoms with Crippen LogP contribution < -0.4 is 11.1 Å². The van der Waals surface area contributed by atoms with E-state index >= 15 is 0 Å². The smallest absolute Gasteiger partial charge is 0.416 e. The number of methoxy groups -OCH3 is 2. The van der Waals surface area contributed by atoms with Gasteiger partial charge in [-0.3, -0.25) is 19.2 Å². The Bertz CT molecular complexity index is 750. The number of benzene rings is 1. The third kappa shape index (κ3) is 5.44. The summed E-state index contributed by atoms with van der Waals surface area (Å²) in [6.45, 7) is 1.26. The zero-order valence-corrected chi connectivity index (χ0v) is 15.2. The summed E-state index contributed by atoms with van der Waals surface area (Å²) in [4.78, 5) is 47.9. The Morgan fingerprint density at radius 2 is 1.61 bits per heavy atom. The van der Waals surface area contributed by atoms with Crippen LogP contribution in [-0.2, 0) is 30.0 Å². The van der Waals surface area contributed by atoms with Crippen LogP contribution in [0.15, 0.2) is 24.3 Å². The molecule has 0 unspecified atom stereocenters. The quantitative estimate of drug-likeness (QED) is 0.514. The van der Waals surface area contributed by atoms with Gasteiger partial charge in [-0.1, -0.05) is 13.0 Å². The normalized spacial score (nSPS) is 13.4. The first-order chi connectivity index (χ1) is 12.9. The van der Waals surface area contributed by atoms with E-state index in [1.165, 1.54) is 6.92 Å². The summed E-state index contributed by atoms with van der Waals surface area (Å²) >= 11 is 0. The second kappa shape index (κ2) is 9.20. The van der Waals surface area contributed by atoms with E-state index in [1.807, 2.05) is 0 Å². The van der Waals surface area contributed by atoms with Crippen molar-refractivity contribution in [2.45, 2.75) is 19.1 Å². The maximum absolute atomic E-state index is 12.8. The highest BCUT2D eigenvalue weighted by atomic mass is 19.4. The zero-order chi connectivity index (χ0) is 21.6. The number of halogens is 3. The highest BCUT2D eigenvalue weighted by Crippen LogP contribution is 2.29. The third-order valence-electron chi connectivity index (χ3n) is 4.01. The second-order valence-corrected chi connectivity index (χ2v) is 5.82. The van der Waals surface area contributed by atoms with Crippen LogP contribution in [0.3, 0.4) is 0 Å². The minimum absolute atomic E-state index is 0.388. The molecule has 0 aliphatic rings. The molecule has 8 nitrogen and oxygen atoms in total. The molecule has 2 atom stereocenters. The van der Waals surface area contributed by atoms with Gasteiger partial charge in [0.1, 0.15) is 6.04 Å². The molecule has 154 valence electrons. The highest BCUT2D eigenvalue weighted by molar-refractivity contribution is 5.99. The van der Waals surface area contributed by atoms with Gasteiger partial charge >= 0.3 is 18.1 Å². The van der Waals surface area contributed by atoms with Crippen LogP contribution in [0.5, 0.6) is 0 Å². The zero-order valence-electron chi connectivity index (χ0n) is 15.2. The summed E-state index contributed by atoms with van der Waals surface area (Å²) in [6.07, 6.45) is -4.67. The van der Waals surface area contributed by atoms with Gasteiger partial charge in [-0.05, 0) is 18.2 Å². The van der Waals surface area contributed by atoms with Crippen molar-refractivity contribution in [1.29, 1.82) is 0 Å². The molecule has 0 aliphatic carbocycles. The molecule has 0 aliphatic heterocycles. The summed E-state index contributed by atoms with van der Waals surface area (Å²) in [5.74, 6) is -7.00. The number of nitrogens with two attached hydrogens (primary N) is 1. The Labute approximate surface area is 158 Å². The molecule has 28 heavy (non-hydrogen) atoms. The molecule has 0 saturated heterocycles. The van der Waals surface area contributed by atoms with Gasteiger partial charge in [-0.25, -0.2) is 0 Å². The molecule has 0 spiro atoms. The third-order valence-corrected chi connectivity index (χ3v) is 4.01. The van der Waals surface area contributed by atoms with Crippen LogP contribution in [0.25, 0.3) is 0 Å². The maximum Gasteiger partial charge on any atom is 0.416 e. The number of alkyl halides is 3. The van der Waals surface area contributed by atoms with Gasteiger partial charge < -0.3 is 20.5 Å². The minimum atomic E-state index is -4.67. The van der Waals surface area contributed by atoms with Gasteiger partial charge in [-0.15, -0.1) is 0 Å². The van der Waals surface area contributed by atoms with E-state index in [0.717, 1.165) is 32.4 Å². The predicted octanol–water partition coefficient (Wildman–Crippen LogP) is 0.887. The average Bonchev–Trinajstić information content (AvgIpc) is 2.64. The van der Waals surface area contributed by atoms with Crippen LogP contribution in [0.2, 0.25) is 0 Å². The fourth-order valence-corrected chi connectivity index (χ4v) is 2.49. The summed E-state index contributed by atoms with van der Waals surface area (Å²) in [7, 11) is 2.01. The summed E-state index contributed by atoms with van der Waals surface area (Å²) in [6, 6.07) is 1.92. The number of hydrogen-bond acceptors (Lipinski definition) is 6. The van der Waals surface area contributed by atoms with Crippen molar-refractivity contribution < 1.29 is 41.8 Å². The van der Waals surface area contributed by atoms with E-state index < -0.39 is 53.4 Å². The molecular weight excluding hydrogens is 385 g/mol. The number of ether oxygens (including phenoxy) is 2. The van der Waals surface area contributed by atoms with Gasteiger partial charge in [0.15, 0.2) is 5.92 Å². The Balaban J connectivity index is 3.16. The van der Waals surface area contributed by atoms with Crippen molar-refractivity contribution in [3.63, 3.8) is 0 Å². The topological polar surface area (TPSA) is 125 Å². The Hall–Kier alpha value is -3.11. The molecule has 2 amide bonds. The van der Waals surface area contributed by atoms with Crippen molar-refractivity contribution in [3.05, 3.63) is 35.4 Å². The van der Waals surface area contributed by atoms with E-state index in [1.54, 1.807) is 0 Å². The van der Waals surface area contributed by atoms with E-state index in [0.29, 0.717) is 6.07 Å². The Morgan fingerprint density at radius 1 is 1.07 bits per heavy atom. The minimum Gasteiger partial charge on any atom is -0.468 e. The summed E-state index contributed by atoms with van der Waals surface area (Å²) in [5, 5.41) is 2.15. The predicted molar refractivity (Wildman–Crippen MR) is 88.6 cm³/mol. The molecule has 1 rings (SSSR count).